The van der Waals surface area contributed by atoms with Gasteiger partial charge in [-0.2, -0.15) is 0 Å². The molecule has 0 aromatic heterocycles. The lowest BCUT2D eigenvalue weighted by molar-refractivity contribution is -0.136. The maximum absolute atomic E-state index is 11.4. The van der Waals surface area contributed by atoms with Crippen LogP contribution in [0.4, 0.5) is 0 Å². The summed E-state index contributed by atoms with van der Waals surface area (Å²) < 4.78 is 11.4. The van der Waals surface area contributed by atoms with Gasteiger partial charge in [0.2, 0.25) is 0 Å². The number of unbranched alkanes of at least 4 members (excludes halogenated alkanes) is 5. The first-order chi connectivity index (χ1) is 7.09. The molecule has 0 radical (unpaired) electrons. The zero-order valence-corrected chi connectivity index (χ0v) is 10.5. The van der Waals surface area contributed by atoms with Gasteiger partial charge in [-0.3, -0.25) is 9.00 Å². The van der Waals surface area contributed by atoms with E-state index in [-0.39, 0.29) is 0 Å². The third kappa shape index (κ3) is 7.54. The molecule has 0 aliphatic carbocycles. The lowest BCUT2D eigenvalue weighted by atomic mass is 10.1. The van der Waals surface area contributed by atoms with Crippen LogP contribution in [0.2, 0.25) is 0 Å². The van der Waals surface area contributed by atoms with Crippen molar-refractivity contribution in [3.8, 4) is 0 Å². The van der Waals surface area contributed by atoms with E-state index in [9.17, 15) is 9.00 Å². The molecule has 0 aliphatic heterocycles. The number of carboxylic acids is 1. The van der Waals surface area contributed by atoms with Gasteiger partial charge >= 0.3 is 5.97 Å². The second-order valence-corrected chi connectivity index (χ2v) is 5.71. The van der Waals surface area contributed by atoms with Crippen molar-refractivity contribution in [2.75, 3.05) is 5.75 Å². The van der Waals surface area contributed by atoms with Crippen molar-refractivity contribution in [2.45, 2.75) is 57.6 Å². The fourth-order valence-corrected chi connectivity index (χ4v) is 2.38. The van der Waals surface area contributed by atoms with E-state index < -0.39 is 22.0 Å². The third-order valence-corrected chi connectivity index (χ3v) is 4.12. The predicted octanol–water partition coefficient (Wildman–Crippen LogP) is 2.57. The quantitative estimate of drug-likeness (QED) is 0.624. The smallest absolute Gasteiger partial charge is 0.318 e. The van der Waals surface area contributed by atoms with E-state index in [2.05, 4.69) is 6.92 Å². The summed E-state index contributed by atoms with van der Waals surface area (Å²) in [5.41, 5.74) is 0. The number of aliphatic carboxylic acids is 1. The minimum Gasteiger partial charge on any atom is -0.480 e. The van der Waals surface area contributed by atoms with Crippen molar-refractivity contribution >= 4 is 16.8 Å². The van der Waals surface area contributed by atoms with Crippen LogP contribution in [-0.2, 0) is 15.6 Å². The second kappa shape index (κ2) is 8.89. The van der Waals surface area contributed by atoms with Gasteiger partial charge in [0.1, 0.15) is 5.25 Å². The van der Waals surface area contributed by atoms with Crippen molar-refractivity contribution in [3.63, 3.8) is 0 Å². The molecule has 4 heteroatoms. The number of rotatable bonds is 9. The molecule has 1 N–H and O–H groups in total. The minimum atomic E-state index is -1.20. The summed E-state index contributed by atoms with van der Waals surface area (Å²) in [4.78, 5) is 10.5. The Morgan fingerprint density at radius 3 is 2.27 bits per heavy atom. The summed E-state index contributed by atoms with van der Waals surface area (Å²) in [7, 11) is -1.20. The van der Waals surface area contributed by atoms with Gasteiger partial charge in [-0.1, -0.05) is 39.0 Å². The van der Waals surface area contributed by atoms with Crippen LogP contribution in [-0.4, -0.2) is 26.3 Å². The minimum absolute atomic E-state index is 0.527. The molecule has 0 fully saturated rings. The van der Waals surface area contributed by atoms with Crippen LogP contribution in [0.5, 0.6) is 0 Å². The average molecular weight is 234 g/mol. The Morgan fingerprint density at radius 1 is 1.20 bits per heavy atom. The molecule has 0 aromatic rings. The molecule has 0 bridgehead atoms. The van der Waals surface area contributed by atoms with E-state index in [1.54, 1.807) is 0 Å². The average Bonchev–Trinajstić information content (AvgIpc) is 2.21. The number of carboxylic acid groups (broad SMARTS) is 1. The Kier molecular flexibility index (Phi) is 8.67. The number of hydrogen-bond donors (Lipinski definition) is 1. The van der Waals surface area contributed by atoms with Gasteiger partial charge in [-0.25, -0.2) is 0 Å². The van der Waals surface area contributed by atoms with E-state index in [0.717, 1.165) is 12.8 Å². The molecule has 3 nitrogen and oxygen atoms in total. The highest BCUT2D eigenvalue weighted by Gasteiger charge is 2.17. The van der Waals surface area contributed by atoms with E-state index in [1.807, 2.05) is 0 Å². The van der Waals surface area contributed by atoms with Gasteiger partial charge < -0.3 is 5.11 Å². The first-order valence-electron chi connectivity index (χ1n) is 5.69. The number of carbonyl (C=O) groups is 1. The Bertz CT molecular complexity index is 204. The summed E-state index contributed by atoms with van der Waals surface area (Å²) >= 11 is 0. The molecular formula is C11H22O3S. The van der Waals surface area contributed by atoms with Crippen LogP contribution in [0.3, 0.4) is 0 Å². The summed E-state index contributed by atoms with van der Waals surface area (Å²) in [6.07, 6.45) is 6.84. The highest BCUT2D eigenvalue weighted by molar-refractivity contribution is 7.86. The highest BCUT2D eigenvalue weighted by Crippen LogP contribution is 2.07. The molecule has 0 saturated carbocycles. The monoisotopic (exact) mass is 234 g/mol. The SMILES string of the molecule is CCCCCCCCS(=O)C(C)C(=O)O. The zero-order valence-electron chi connectivity index (χ0n) is 9.70. The van der Waals surface area contributed by atoms with Crippen molar-refractivity contribution < 1.29 is 14.1 Å². The van der Waals surface area contributed by atoms with Crippen LogP contribution in [0.15, 0.2) is 0 Å². The van der Waals surface area contributed by atoms with Crippen LogP contribution in [0, 0.1) is 0 Å². The molecule has 0 rings (SSSR count). The first kappa shape index (κ1) is 14.6. The van der Waals surface area contributed by atoms with Gasteiger partial charge in [0.05, 0.1) is 0 Å². The summed E-state index contributed by atoms with van der Waals surface area (Å²) in [5.74, 6) is -0.432. The molecule has 0 saturated heterocycles. The highest BCUT2D eigenvalue weighted by atomic mass is 32.2. The molecule has 0 heterocycles. The maximum Gasteiger partial charge on any atom is 0.318 e. The Balaban J connectivity index is 3.43. The third-order valence-electron chi connectivity index (χ3n) is 2.44. The first-order valence-corrected chi connectivity index (χ1v) is 7.07. The Hall–Kier alpha value is -0.380. The summed E-state index contributed by atoms with van der Waals surface area (Å²) in [6, 6.07) is 0. The fraction of sp³-hybridized carbons (Fsp3) is 0.909. The normalized spacial score (nSPS) is 14.8. The van der Waals surface area contributed by atoms with E-state index in [1.165, 1.54) is 32.6 Å². The van der Waals surface area contributed by atoms with Crippen LogP contribution < -0.4 is 0 Å². The van der Waals surface area contributed by atoms with Crippen molar-refractivity contribution in [1.82, 2.24) is 0 Å². The van der Waals surface area contributed by atoms with Crippen LogP contribution >= 0.6 is 0 Å². The second-order valence-electron chi connectivity index (χ2n) is 3.83. The Morgan fingerprint density at radius 2 is 1.73 bits per heavy atom. The summed E-state index contributed by atoms with van der Waals surface area (Å²) in [5, 5.41) is 7.91. The maximum atomic E-state index is 11.4. The van der Waals surface area contributed by atoms with E-state index in [4.69, 9.17) is 5.11 Å². The fourth-order valence-electron chi connectivity index (χ4n) is 1.31. The van der Waals surface area contributed by atoms with Crippen molar-refractivity contribution in [3.05, 3.63) is 0 Å². The van der Waals surface area contributed by atoms with Gasteiger partial charge in [-0.15, -0.1) is 0 Å². The number of hydrogen-bond acceptors (Lipinski definition) is 2. The molecule has 0 aromatic carbocycles. The zero-order chi connectivity index (χ0) is 11.7. The molecule has 2 unspecified atom stereocenters. The van der Waals surface area contributed by atoms with E-state index >= 15 is 0 Å². The lowest BCUT2D eigenvalue weighted by Gasteiger charge is -2.06. The Labute approximate surface area is 94.7 Å². The summed E-state index contributed by atoms with van der Waals surface area (Å²) in [6.45, 7) is 3.68. The standard InChI is InChI=1S/C11H22O3S/c1-3-4-5-6-7-8-9-15(14)10(2)11(12)13/h10H,3-9H2,1-2H3,(H,12,13). The molecule has 0 spiro atoms. The molecule has 90 valence electrons. The van der Waals surface area contributed by atoms with Gasteiger partial charge in [-0.05, 0) is 13.3 Å². The van der Waals surface area contributed by atoms with Crippen LogP contribution in [0.1, 0.15) is 52.4 Å². The molecule has 2 atom stereocenters. The predicted molar refractivity (Wildman–Crippen MR) is 63.5 cm³/mol. The van der Waals surface area contributed by atoms with Crippen molar-refractivity contribution in [2.24, 2.45) is 0 Å². The van der Waals surface area contributed by atoms with E-state index in [0.29, 0.717) is 5.75 Å². The van der Waals surface area contributed by atoms with Crippen LogP contribution in [0.25, 0.3) is 0 Å². The largest absolute Gasteiger partial charge is 0.480 e. The van der Waals surface area contributed by atoms with Gasteiger partial charge in [0.15, 0.2) is 0 Å². The molecular weight excluding hydrogens is 212 g/mol. The molecule has 15 heavy (non-hydrogen) atoms. The van der Waals surface area contributed by atoms with Gasteiger partial charge in [0.25, 0.3) is 0 Å². The molecule has 0 aliphatic rings. The molecule has 0 amide bonds. The lowest BCUT2D eigenvalue weighted by Crippen LogP contribution is -2.23. The van der Waals surface area contributed by atoms with Crippen molar-refractivity contribution in [1.29, 1.82) is 0 Å². The van der Waals surface area contributed by atoms with Gasteiger partial charge in [0, 0.05) is 16.6 Å². The topological polar surface area (TPSA) is 54.4 Å².